The molecule has 0 amide bonds. The van der Waals surface area contributed by atoms with Gasteiger partial charge in [-0.2, -0.15) is 0 Å². The predicted molar refractivity (Wildman–Crippen MR) is 66.4 cm³/mol. The summed E-state index contributed by atoms with van der Waals surface area (Å²) in [5.74, 6) is 0.507. The van der Waals surface area contributed by atoms with Gasteiger partial charge in [0, 0.05) is 24.5 Å². The summed E-state index contributed by atoms with van der Waals surface area (Å²) in [4.78, 5) is 2.45. The van der Waals surface area contributed by atoms with E-state index < -0.39 is 0 Å². The van der Waals surface area contributed by atoms with Crippen LogP contribution in [0.3, 0.4) is 0 Å². The molecule has 0 saturated carbocycles. The quantitative estimate of drug-likeness (QED) is 0.750. The van der Waals surface area contributed by atoms with Gasteiger partial charge >= 0.3 is 0 Å². The Balaban J connectivity index is 2.29. The van der Waals surface area contributed by atoms with Crippen molar-refractivity contribution >= 4 is 11.4 Å². The fourth-order valence-corrected chi connectivity index (χ4v) is 2.23. The van der Waals surface area contributed by atoms with Crippen LogP contribution in [0.4, 0.5) is 11.4 Å². The van der Waals surface area contributed by atoms with Gasteiger partial charge in [-0.1, -0.05) is 13.8 Å². The van der Waals surface area contributed by atoms with Crippen LogP contribution in [0, 0.1) is 0 Å². The van der Waals surface area contributed by atoms with Crippen molar-refractivity contribution in [1.29, 1.82) is 0 Å². The molecule has 2 N–H and O–H groups in total. The molecule has 0 unspecified atom stereocenters. The number of hydrogen-bond acceptors (Lipinski definition) is 2. The number of nitrogen functional groups attached to an aromatic ring is 1. The molecule has 0 atom stereocenters. The number of benzene rings is 1. The van der Waals surface area contributed by atoms with Crippen molar-refractivity contribution < 1.29 is 0 Å². The third kappa shape index (κ3) is 2.09. The molecule has 0 bridgehead atoms. The summed E-state index contributed by atoms with van der Waals surface area (Å²) in [6.45, 7) is 6.78. The molecular weight excluding hydrogens is 184 g/mol. The lowest BCUT2D eigenvalue weighted by Crippen LogP contribution is -2.17. The number of nitrogens with zero attached hydrogens (tertiary/aromatic N) is 1. The van der Waals surface area contributed by atoms with Crippen molar-refractivity contribution in [2.75, 3.05) is 23.7 Å². The first kappa shape index (κ1) is 10.3. The molecule has 2 nitrogen and oxygen atoms in total. The van der Waals surface area contributed by atoms with Crippen LogP contribution in [0.1, 0.15) is 38.2 Å². The van der Waals surface area contributed by atoms with Gasteiger partial charge in [0.2, 0.25) is 0 Å². The first-order valence-electron chi connectivity index (χ1n) is 5.83. The van der Waals surface area contributed by atoms with E-state index >= 15 is 0 Å². The Morgan fingerprint density at radius 3 is 2.47 bits per heavy atom. The Morgan fingerprint density at radius 2 is 1.87 bits per heavy atom. The topological polar surface area (TPSA) is 29.3 Å². The molecule has 0 radical (unpaired) electrons. The Labute approximate surface area is 92.1 Å². The fraction of sp³-hybridized carbons (Fsp3) is 0.538. The third-order valence-corrected chi connectivity index (χ3v) is 3.16. The van der Waals surface area contributed by atoms with E-state index in [0.29, 0.717) is 5.92 Å². The van der Waals surface area contributed by atoms with E-state index in [1.165, 1.54) is 37.2 Å². The lowest BCUT2D eigenvalue weighted by Gasteiger charge is -2.20. The first-order valence-corrected chi connectivity index (χ1v) is 5.83. The highest BCUT2D eigenvalue weighted by atomic mass is 15.1. The zero-order valence-corrected chi connectivity index (χ0v) is 9.66. The molecule has 1 fully saturated rings. The minimum Gasteiger partial charge on any atom is -0.398 e. The molecule has 0 aromatic heterocycles. The van der Waals surface area contributed by atoms with Gasteiger partial charge in [-0.05, 0) is 42.5 Å². The van der Waals surface area contributed by atoms with Gasteiger partial charge < -0.3 is 10.6 Å². The molecule has 1 aromatic carbocycles. The van der Waals surface area contributed by atoms with Crippen molar-refractivity contribution in [3.05, 3.63) is 23.8 Å². The van der Waals surface area contributed by atoms with Gasteiger partial charge in [-0.3, -0.25) is 0 Å². The summed E-state index contributed by atoms with van der Waals surface area (Å²) in [6, 6.07) is 6.45. The largest absolute Gasteiger partial charge is 0.398 e. The van der Waals surface area contributed by atoms with Crippen molar-refractivity contribution in [3.63, 3.8) is 0 Å². The summed E-state index contributed by atoms with van der Waals surface area (Å²) >= 11 is 0. The minimum atomic E-state index is 0.507. The molecular formula is C13H20N2. The fourth-order valence-electron chi connectivity index (χ4n) is 2.23. The summed E-state index contributed by atoms with van der Waals surface area (Å²) in [5, 5.41) is 0. The van der Waals surface area contributed by atoms with E-state index in [9.17, 15) is 0 Å². The molecule has 2 heteroatoms. The SMILES string of the molecule is CC(C)c1cc(N2CCCC2)ccc1N. The van der Waals surface area contributed by atoms with Crippen LogP contribution in [0.25, 0.3) is 0 Å². The maximum absolute atomic E-state index is 5.97. The highest BCUT2D eigenvalue weighted by Crippen LogP contribution is 2.28. The Hall–Kier alpha value is -1.18. The second-order valence-electron chi connectivity index (χ2n) is 4.66. The Kier molecular flexibility index (Phi) is 2.85. The summed E-state index contributed by atoms with van der Waals surface area (Å²) in [7, 11) is 0. The van der Waals surface area contributed by atoms with E-state index in [4.69, 9.17) is 5.73 Å². The van der Waals surface area contributed by atoms with E-state index in [2.05, 4.69) is 30.9 Å². The van der Waals surface area contributed by atoms with Crippen molar-refractivity contribution in [1.82, 2.24) is 0 Å². The average molecular weight is 204 g/mol. The number of hydrogen-bond donors (Lipinski definition) is 1. The van der Waals surface area contributed by atoms with Gasteiger partial charge in [-0.25, -0.2) is 0 Å². The lowest BCUT2D eigenvalue weighted by molar-refractivity contribution is 0.865. The summed E-state index contributed by atoms with van der Waals surface area (Å²) < 4.78 is 0. The summed E-state index contributed by atoms with van der Waals surface area (Å²) in [5.41, 5.74) is 9.51. The molecule has 15 heavy (non-hydrogen) atoms. The van der Waals surface area contributed by atoms with Gasteiger partial charge in [0.05, 0.1) is 0 Å². The van der Waals surface area contributed by atoms with Crippen molar-refractivity contribution in [2.24, 2.45) is 0 Å². The monoisotopic (exact) mass is 204 g/mol. The molecule has 2 rings (SSSR count). The molecule has 1 saturated heterocycles. The smallest absolute Gasteiger partial charge is 0.0370 e. The zero-order valence-electron chi connectivity index (χ0n) is 9.66. The normalized spacial score (nSPS) is 16.3. The maximum Gasteiger partial charge on any atom is 0.0370 e. The molecule has 1 aliphatic heterocycles. The van der Waals surface area contributed by atoms with Gasteiger partial charge in [0.25, 0.3) is 0 Å². The molecule has 1 heterocycles. The van der Waals surface area contributed by atoms with Crippen LogP contribution in [0.15, 0.2) is 18.2 Å². The Bertz CT molecular complexity index is 338. The van der Waals surface area contributed by atoms with Crippen LogP contribution in [-0.2, 0) is 0 Å². The van der Waals surface area contributed by atoms with Crippen molar-refractivity contribution in [3.8, 4) is 0 Å². The highest BCUT2D eigenvalue weighted by Gasteiger charge is 2.14. The molecule has 0 spiro atoms. The highest BCUT2D eigenvalue weighted by molar-refractivity contribution is 5.59. The van der Waals surface area contributed by atoms with Gasteiger partial charge in [0.15, 0.2) is 0 Å². The third-order valence-electron chi connectivity index (χ3n) is 3.16. The van der Waals surface area contributed by atoms with E-state index in [1.807, 2.05) is 6.07 Å². The number of nitrogens with two attached hydrogens (primary N) is 1. The van der Waals surface area contributed by atoms with E-state index in [1.54, 1.807) is 0 Å². The second kappa shape index (κ2) is 4.13. The maximum atomic E-state index is 5.97. The van der Waals surface area contributed by atoms with Crippen LogP contribution in [0.5, 0.6) is 0 Å². The number of anilines is 2. The predicted octanol–water partition coefficient (Wildman–Crippen LogP) is 2.99. The standard InChI is InChI=1S/C13H20N2/c1-10(2)12-9-11(5-6-13(12)14)15-7-3-4-8-15/h5-6,9-10H,3-4,7-8,14H2,1-2H3. The van der Waals surface area contributed by atoms with Gasteiger partial charge in [-0.15, -0.1) is 0 Å². The molecule has 1 aliphatic rings. The first-order chi connectivity index (χ1) is 7.18. The lowest BCUT2D eigenvalue weighted by atomic mass is 10.0. The minimum absolute atomic E-state index is 0.507. The van der Waals surface area contributed by atoms with Gasteiger partial charge in [0.1, 0.15) is 0 Å². The summed E-state index contributed by atoms with van der Waals surface area (Å²) in [6.07, 6.45) is 2.64. The molecule has 1 aromatic rings. The van der Waals surface area contributed by atoms with Crippen LogP contribution in [0.2, 0.25) is 0 Å². The average Bonchev–Trinajstić information content (AvgIpc) is 2.71. The van der Waals surface area contributed by atoms with Crippen LogP contribution in [-0.4, -0.2) is 13.1 Å². The van der Waals surface area contributed by atoms with E-state index in [0.717, 1.165) is 5.69 Å². The molecule has 82 valence electrons. The van der Waals surface area contributed by atoms with Crippen LogP contribution < -0.4 is 10.6 Å². The molecule has 0 aliphatic carbocycles. The second-order valence-corrected chi connectivity index (χ2v) is 4.66. The van der Waals surface area contributed by atoms with Crippen molar-refractivity contribution in [2.45, 2.75) is 32.6 Å². The Morgan fingerprint density at radius 1 is 1.20 bits per heavy atom. The van der Waals surface area contributed by atoms with Crippen LogP contribution >= 0.6 is 0 Å². The van der Waals surface area contributed by atoms with E-state index in [-0.39, 0.29) is 0 Å². The zero-order chi connectivity index (χ0) is 10.8. The number of rotatable bonds is 2.